The number of aryl methyl sites for hydroxylation is 1. The molecule has 3 rings (SSSR count). The largest absolute Gasteiger partial charge is 0.508 e. The molecule has 0 radical (unpaired) electrons. The van der Waals surface area contributed by atoms with E-state index in [9.17, 15) is 9.90 Å². The van der Waals surface area contributed by atoms with Crippen LogP contribution in [0.4, 0.5) is 23.1 Å². The molecular formula is C19H18N4O2. The SMILES string of the molecule is CC(=O)c1cccc(Nc2nccc(Nc3cc(O)ccc3C)n2)c1. The highest BCUT2D eigenvalue weighted by molar-refractivity contribution is 5.95. The van der Waals surface area contributed by atoms with Crippen molar-refractivity contribution in [1.29, 1.82) is 0 Å². The number of benzene rings is 2. The molecule has 2 aromatic carbocycles. The van der Waals surface area contributed by atoms with E-state index in [0.29, 0.717) is 17.3 Å². The topological polar surface area (TPSA) is 87.1 Å². The Morgan fingerprint density at radius 1 is 1.08 bits per heavy atom. The molecule has 1 heterocycles. The molecule has 0 bridgehead atoms. The molecule has 6 nitrogen and oxygen atoms in total. The zero-order chi connectivity index (χ0) is 17.8. The molecular weight excluding hydrogens is 316 g/mol. The number of rotatable bonds is 5. The van der Waals surface area contributed by atoms with Crippen molar-refractivity contribution in [2.45, 2.75) is 13.8 Å². The van der Waals surface area contributed by atoms with Crippen LogP contribution < -0.4 is 10.6 Å². The number of aromatic nitrogens is 2. The van der Waals surface area contributed by atoms with Gasteiger partial charge in [-0.25, -0.2) is 4.98 Å². The van der Waals surface area contributed by atoms with Crippen molar-refractivity contribution >= 4 is 28.9 Å². The van der Waals surface area contributed by atoms with Crippen LogP contribution in [0.25, 0.3) is 0 Å². The Hall–Kier alpha value is -3.41. The highest BCUT2D eigenvalue weighted by atomic mass is 16.3. The maximum absolute atomic E-state index is 11.5. The number of hydrogen-bond donors (Lipinski definition) is 3. The lowest BCUT2D eigenvalue weighted by molar-refractivity contribution is 0.101. The number of aromatic hydroxyl groups is 1. The molecule has 0 spiro atoms. The molecule has 0 fully saturated rings. The fourth-order valence-corrected chi connectivity index (χ4v) is 2.32. The number of hydrogen-bond acceptors (Lipinski definition) is 6. The average molecular weight is 334 g/mol. The minimum atomic E-state index is -0.000605. The zero-order valence-corrected chi connectivity index (χ0v) is 13.9. The minimum Gasteiger partial charge on any atom is -0.508 e. The molecule has 126 valence electrons. The molecule has 0 aliphatic heterocycles. The summed E-state index contributed by atoms with van der Waals surface area (Å²) in [7, 11) is 0. The number of Topliss-reactive ketones (excluding diaryl/α,β-unsaturated/α-hetero) is 1. The second-order valence-corrected chi connectivity index (χ2v) is 5.65. The lowest BCUT2D eigenvalue weighted by atomic mass is 10.1. The number of ketones is 1. The van der Waals surface area contributed by atoms with Crippen LogP contribution in [0.15, 0.2) is 54.7 Å². The molecule has 0 saturated carbocycles. The van der Waals surface area contributed by atoms with Crippen molar-refractivity contribution < 1.29 is 9.90 Å². The normalized spacial score (nSPS) is 10.3. The quantitative estimate of drug-likeness (QED) is 0.607. The predicted octanol–water partition coefficient (Wildman–Crippen LogP) is 4.18. The number of carbonyl (C=O) groups excluding carboxylic acids is 1. The monoisotopic (exact) mass is 334 g/mol. The summed E-state index contributed by atoms with van der Waals surface area (Å²) in [5, 5.41) is 15.9. The molecule has 0 saturated heterocycles. The lowest BCUT2D eigenvalue weighted by Gasteiger charge is -2.11. The van der Waals surface area contributed by atoms with Crippen LogP contribution >= 0.6 is 0 Å². The van der Waals surface area contributed by atoms with E-state index in [1.54, 1.807) is 42.6 Å². The van der Waals surface area contributed by atoms with Crippen LogP contribution in [0.2, 0.25) is 0 Å². The summed E-state index contributed by atoms with van der Waals surface area (Å²) >= 11 is 0. The smallest absolute Gasteiger partial charge is 0.229 e. The van der Waals surface area contributed by atoms with Gasteiger partial charge in [0.2, 0.25) is 5.95 Å². The van der Waals surface area contributed by atoms with E-state index in [1.165, 1.54) is 6.92 Å². The van der Waals surface area contributed by atoms with Crippen molar-refractivity contribution in [3.63, 3.8) is 0 Å². The maximum Gasteiger partial charge on any atom is 0.229 e. The first kappa shape index (κ1) is 16.4. The number of carbonyl (C=O) groups is 1. The Morgan fingerprint density at radius 2 is 1.92 bits per heavy atom. The fraction of sp³-hybridized carbons (Fsp3) is 0.105. The van der Waals surface area contributed by atoms with Crippen LogP contribution in [-0.4, -0.2) is 20.9 Å². The van der Waals surface area contributed by atoms with Gasteiger partial charge in [-0.1, -0.05) is 18.2 Å². The van der Waals surface area contributed by atoms with Crippen LogP contribution in [0.3, 0.4) is 0 Å². The third-order valence-corrected chi connectivity index (χ3v) is 3.66. The van der Waals surface area contributed by atoms with E-state index in [4.69, 9.17) is 0 Å². The highest BCUT2D eigenvalue weighted by Gasteiger charge is 2.05. The van der Waals surface area contributed by atoms with E-state index in [2.05, 4.69) is 20.6 Å². The number of anilines is 4. The molecule has 3 N–H and O–H groups in total. The van der Waals surface area contributed by atoms with Gasteiger partial charge in [0, 0.05) is 29.2 Å². The van der Waals surface area contributed by atoms with Crippen molar-refractivity contribution in [2.75, 3.05) is 10.6 Å². The molecule has 1 aromatic heterocycles. The summed E-state index contributed by atoms with van der Waals surface area (Å²) in [6.07, 6.45) is 1.63. The van der Waals surface area contributed by atoms with Gasteiger partial charge in [0.05, 0.1) is 0 Å². The minimum absolute atomic E-state index is 0.000605. The first-order chi connectivity index (χ1) is 12.0. The van der Waals surface area contributed by atoms with Crippen molar-refractivity contribution in [1.82, 2.24) is 9.97 Å². The van der Waals surface area contributed by atoms with Gasteiger partial charge < -0.3 is 15.7 Å². The standard InChI is InChI=1S/C19H18N4O2/c1-12-6-7-16(25)11-17(12)22-18-8-9-20-19(23-18)21-15-5-3-4-14(10-15)13(2)24/h3-11,25H,1-2H3,(H2,20,21,22,23). The van der Waals surface area contributed by atoms with Crippen molar-refractivity contribution in [3.05, 3.63) is 65.9 Å². The van der Waals surface area contributed by atoms with Crippen LogP contribution in [-0.2, 0) is 0 Å². The van der Waals surface area contributed by atoms with E-state index < -0.39 is 0 Å². The average Bonchev–Trinajstić information content (AvgIpc) is 2.59. The zero-order valence-electron chi connectivity index (χ0n) is 13.9. The number of phenolic OH excluding ortho intramolecular Hbond substituents is 1. The summed E-state index contributed by atoms with van der Waals surface area (Å²) in [6.45, 7) is 3.47. The van der Waals surface area contributed by atoms with Crippen LogP contribution in [0, 0.1) is 6.92 Å². The molecule has 0 aliphatic carbocycles. The number of nitrogens with zero attached hydrogens (tertiary/aromatic N) is 2. The Kier molecular flexibility index (Phi) is 4.61. The van der Waals surface area contributed by atoms with Gasteiger partial charge in [-0.15, -0.1) is 0 Å². The van der Waals surface area contributed by atoms with Gasteiger partial charge in [-0.2, -0.15) is 4.98 Å². The Balaban J connectivity index is 1.81. The molecule has 6 heteroatoms. The maximum atomic E-state index is 11.5. The van der Waals surface area contributed by atoms with Crippen LogP contribution in [0.5, 0.6) is 5.75 Å². The summed E-state index contributed by atoms with van der Waals surface area (Å²) in [5.41, 5.74) is 3.11. The van der Waals surface area contributed by atoms with Gasteiger partial charge in [0.1, 0.15) is 11.6 Å². The molecule has 0 atom stereocenters. The van der Waals surface area contributed by atoms with Gasteiger partial charge >= 0.3 is 0 Å². The molecule has 25 heavy (non-hydrogen) atoms. The van der Waals surface area contributed by atoms with Gasteiger partial charge in [-0.3, -0.25) is 4.79 Å². The van der Waals surface area contributed by atoms with Crippen molar-refractivity contribution in [3.8, 4) is 5.75 Å². The Labute approximate surface area is 145 Å². The van der Waals surface area contributed by atoms with E-state index >= 15 is 0 Å². The molecule has 0 aliphatic rings. The Morgan fingerprint density at radius 3 is 2.72 bits per heavy atom. The van der Waals surface area contributed by atoms with E-state index in [-0.39, 0.29) is 11.5 Å². The summed E-state index contributed by atoms with van der Waals surface area (Å²) < 4.78 is 0. The van der Waals surface area contributed by atoms with Gasteiger partial charge in [0.15, 0.2) is 5.78 Å². The first-order valence-electron chi connectivity index (χ1n) is 7.79. The second-order valence-electron chi connectivity index (χ2n) is 5.65. The predicted molar refractivity (Wildman–Crippen MR) is 97.9 cm³/mol. The highest BCUT2D eigenvalue weighted by Crippen LogP contribution is 2.24. The Bertz CT molecular complexity index is 925. The number of nitrogens with one attached hydrogen (secondary N) is 2. The van der Waals surface area contributed by atoms with E-state index in [0.717, 1.165) is 16.9 Å². The number of phenols is 1. The fourth-order valence-electron chi connectivity index (χ4n) is 2.32. The molecule has 3 aromatic rings. The van der Waals surface area contributed by atoms with Crippen molar-refractivity contribution in [2.24, 2.45) is 0 Å². The van der Waals surface area contributed by atoms with Crippen LogP contribution in [0.1, 0.15) is 22.8 Å². The second kappa shape index (κ2) is 7.00. The summed E-state index contributed by atoms with van der Waals surface area (Å²) in [5.74, 6) is 1.18. The lowest BCUT2D eigenvalue weighted by Crippen LogP contribution is -2.02. The summed E-state index contributed by atoms with van der Waals surface area (Å²) in [6, 6.07) is 14.0. The third kappa shape index (κ3) is 4.11. The molecule has 0 unspecified atom stereocenters. The van der Waals surface area contributed by atoms with E-state index in [1.807, 2.05) is 19.1 Å². The molecule has 0 amide bonds. The summed E-state index contributed by atoms with van der Waals surface area (Å²) in [4.78, 5) is 20.1. The first-order valence-corrected chi connectivity index (χ1v) is 7.79. The van der Waals surface area contributed by atoms with Gasteiger partial charge in [-0.05, 0) is 43.7 Å². The van der Waals surface area contributed by atoms with Gasteiger partial charge in [0.25, 0.3) is 0 Å². The third-order valence-electron chi connectivity index (χ3n) is 3.66.